The van der Waals surface area contributed by atoms with Gasteiger partial charge in [0.15, 0.2) is 15.7 Å². The monoisotopic (exact) mass is 321 g/mol. The summed E-state index contributed by atoms with van der Waals surface area (Å²) in [6, 6.07) is 6.58. The number of hydrogen-bond acceptors (Lipinski definition) is 6. The van der Waals surface area contributed by atoms with Crippen LogP contribution < -0.4 is 5.32 Å². The molecule has 0 spiro atoms. The van der Waals surface area contributed by atoms with Gasteiger partial charge in [-0.1, -0.05) is 12.1 Å². The summed E-state index contributed by atoms with van der Waals surface area (Å²) in [6.45, 7) is 1.73. The molecule has 2 heterocycles. The number of nitrogens with one attached hydrogen (secondary N) is 1. The minimum atomic E-state index is -3.04. The quantitative estimate of drug-likeness (QED) is 0.845. The van der Waals surface area contributed by atoms with E-state index >= 15 is 0 Å². The number of tetrazole rings is 1. The summed E-state index contributed by atoms with van der Waals surface area (Å²) in [5, 5.41) is 14.0. The SMILES string of the molecule is Cc1nnnn1-c1ccccc1C(=O)N[C@H]1CCS(=O)(=O)C1. The van der Waals surface area contributed by atoms with E-state index in [1.807, 2.05) is 0 Å². The van der Waals surface area contributed by atoms with E-state index in [1.165, 1.54) is 4.68 Å². The van der Waals surface area contributed by atoms with Gasteiger partial charge in [0, 0.05) is 6.04 Å². The Balaban J connectivity index is 1.86. The first-order valence-corrected chi connectivity index (χ1v) is 8.64. The molecule has 116 valence electrons. The number of amides is 1. The Morgan fingerprint density at radius 1 is 1.36 bits per heavy atom. The third kappa shape index (κ3) is 2.84. The van der Waals surface area contributed by atoms with Crippen molar-refractivity contribution in [3.8, 4) is 5.69 Å². The lowest BCUT2D eigenvalue weighted by atomic mass is 10.1. The average molecular weight is 321 g/mol. The van der Waals surface area contributed by atoms with Crippen LogP contribution in [0.1, 0.15) is 22.6 Å². The molecule has 1 aliphatic rings. The fraction of sp³-hybridized carbons (Fsp3) is 0.385. The van der Waals surface area contributed by atoms with Gasteiger partial charge in [-0.15, -0.1) is 5.10 Å². The van der Waals surface area contributed by atoms with Crippen molar-refractivity contribution in [3.05, 3.63) is 35.7 Å². The molecule has 8 nitrogen and oxygen atoms in total. The molecule has 22 heavy (non-hydrogen) atoms. The topological polar surface area (TPSA) is 107 Å². The number of aromatic nitrogens is 4. The average Bonchev–Trinajstić information content (AvgIpc) is 3.04. The van der Waals surface area contributed by atoms with Gasteiger partial charge in [0.2, 0.25) is 0 Å². The lowest BCUT2D eigenvalue weighted by Crippen LogP contribution is -2.36. The van der Waals surface area contributed by atoms with Crippen LogP contribution >= 0.6 is 0 Å². The van der Waals surface area contributed by atoms with Crippen LogP contribution in [0.5, 0.6) is 0 Å². The van der Waals surface area contributed by atoms with Crippen LogP contribution in [0.3, 0.4) is 0 Å². The van der Waals surface area contributed by atoms with Gasteiger partial charge < -0.3 is 5.32 Å². The van der Waals surface area contributed by atoms with Crippen molar-refractivity contribution in [2.24, 2.45) is 0 Å². The summed E-state index contributed by atoms with van der Waals surface area (Å²) < 4.78 is 24.4. The first kappa shape index (κ1) is 14.6. The van der Waals surface area contributed by atoms with E-state index in [-0.39, 0.29) is 23.5 Å². The molecule has 2 aromatic rings. The zero-order chi connectivity index (χ0) is 15.7. The van der Waals surface area contributed by atoms with Crippen LogP contribution in [-0.4, -0.2) is 52.1 Å². The van der Waals surface area contributed by atoms with Crippen molar-refractivity contribution in [2.45, 2.75) is 19.4 Å². The summed E-state index contributed by atoms with van der Waals surface area (Å²) >= 11 is 0. The minimum absolute atomic E-state index is 0.00911. The molecule has 1 atom stereocenters. The van der Waals surface area contributed by atoms with E-state index < -0.39 is 9.84 Å². The number of benzene rings is 1. The van der Waals surface area contributed by atoms with Crippen LogP contribution in [0, 0.1) is 6.92 Å². The van der Waals surface area contributed by atoms with Crippen molar-refractivity contribution in [1.29, 1.82) is 0 Å². The van der Waals surface area contributed by atoms with Crippen molar-refractivity contribution >= 4 is 15.7 Å². The summed E-state index contributed by atoms with van der Waals surface area (Å²) in [7, 11) is -3.04. The van der Waals surface area contributed by atoms with Crippen LogP contribution in [0.4, 0.5) is 0 Å². The highest BCUT2D eigenvalue weighted by molar-refractivity contribution is 7.91. The van der Waals surface area contributed by atoms with Crippen molar-refractivity contribution in [3.63, 3.8) is 0 Å². The molecule has 0 bridgehead atoms. The maximum atomic E-state index is 12.5. The number of carbonyl (C=O) groups excluding carboxylic acids is 1. The van der Waals surface area contributed by atoms with E-state index in [0.717, 1.165) is 0 Å². The van der Waals surface area contributed by atoms with Crippen LogP contribution in [-0.2, 0) is 9.84 Å². The van der Waals surface area contributed by atoms with Gasteiger partial charge in [0.05, 0.1) is 22.8 Å². The number of sulfone groups is 1. The van der Waals surface area contributed by atoms with Gasteiger partial charge in [0.25, 0.3) is 5.91 Å². The molecule has 3 rings (SSSR count). The number of hydrogen-bond donors (Lipinski definition) is 1. The number of para-hydroxylation sites is 1. The fourth-order valence-corrected chi connectivity index (χ4v) is 4.15. The second kappa shape index (κ2) is 5.48. The zero-order valence-electron chi connectivity index (χ0n) is 11.9. The third-order valence-electron chi connectivity index (χ3n) is 3.57. The van der Waals surface area contributed by atoms with Gasteiger partial charge in [-0.05, 0) is 35.9 Å². The van der Waals surface area contributed by atoms with Crippen molar-refractivity contribution in [2.75, 3.05) is 11.5 Å². The summed E-state index contributed by atoms with van der Waals surface area (Å²) in [6.07, 6.45) is 0.445. The molecule has 0 saturated carbocycles. The molecule has 1 amide bonds. The molecule has 1 aromatic heterocycles. The van der Waals surface area contributed by atoms with E-state index in [9.17, 15) is 13.2 Å². The predicted octanol–water partition coefficient (Wildman–Crippen LogP) is -0.112. The van der Waals surface area contributed by atoms with Gasteiger partial charge >= 0.3 is 0 Å². The smallest absolute Gasteiger partial charge is 0.253 e. The van der Waals surface area contributed by atoms with Gasteiger partial charge in [-0.3, -0.25) is 4.79 Å². The Morgan fingerprint density at radius 3 is 2.77 bits per heavy atom. The minimum Gasteiger partial charge on any atom is -0.348 e. The first-order valence-electron chi connectivity index (χ1n) is 6.82. The van der Waals surface area contributed by atoms with Crippen LogP contribution in [0.2, 0.25) is 0 Å². The first-order chi connectivity index (χ1) is 10.5. The summed E-state index contributed by atoms with van der Waals surface area (Å²) in [4.78, 5) is 12.5. The Bertz CT molecular complexity index is 815. The maximum Gasteiger partial charge on any atom is 0.253 e. The van der Waals surface area contributed by atoms with E-state index in [4.69, 9.17) is 0 Å². The number of carbonyl (C=O) groups is 1. The van der Waals surface area contributed by atoms with Crippen molar-refractivity contribution in [1.82, 2.24) is 25.5 Å². The Kier molecular flexibility index (Phi) is 3.65. The highest BCUT2D eigenvalue weighted by Crippen LogP contribution is 2.16. The highest BCUT2D eigenvalue weighted by Gasteiger charge is 2.29. The Labute approximate surface area is 127 Å². The predicted molar refractivity (Wildman–Crippen MR) is 78.4 cm³/mol. The molecule has 1 aromatic carbocycles. The van der Waals surface area contributed by atoms with E-state index in [0.29, 0.717) is 23.5 Å². The standard InChI is InChI=1S/C13H15N5O3S/c1-9-15-16-17-18(9)12-5-3-2-4-11(12)13(19)14-10-6-7-22(20,21)8-10/h2-5,10H,6-8H2,1H3,(H,14,19)/t10-/m0/s1. The molecule has 1 fully saturated rings. The normalized spacial score (nSPS) is 20.0. The van der Waals surface area contributed by atoms with E-state index in [2.05, 4.69) is 20.8 Å². The maximum absolute atomic E-state index is 12.5. The lowest BCUT2D eigenvalue weighted by Gasteiger charge is -2.13. The number of aryl methyl sites for hydroxylation is 1. The largest absolute Gasteiger partial charge is 0.348 e. The van der Waals surface area contributed by atoms with Gasteiger partial charge in [0.1, 0.15) is 0 Å². The molecular formula is C13H15N5O3S. The fourth-order valence-electron chi connectivity index (χ4n) is 2.48. The lowest BCUT2D eigenvalue weighted by molar-refractivity contribution is 0.0941. The second-order valence-corrected chi connectivity index (χ2v) is 7.46. The molecule has 1 aliphatic heterocycles. The molecule has 1 saturated heterocycles. The van der Waals surface area contributed by atoms with Gasteiger partial charge in [-0.25, -0.2) is 8.42 Å². The number of nitrogens with zero attached hydrogens (tertiary/aromatic N) is 4. The summed E-state index contributed by atoms with van der Waals surface area (Å²) in [5.74, 6) is 0.340. The van der Waals surface area contributed by atoms with Crippen LogP contribution in [0.15, 0.2) is 24.3 Å². The highest BCUT2D eigenvalue weighted by atomic mass is 32.2. The summed E-state index contributed by atoms with van der Waals surface area (Å²) in [5.41, 5.74) is 0.963. The van der Waals surface area contributed by atoms with Crippen LogP contribution in [0.25, 0.3) is 5.69 Å². The molecule has 0 radical (unpaired) electrons. The zero-order valence-corrected chi connectivity index (χ0v) is 12.7. The molecule has 0 unspecified atom stereocenters. The molecule has 1 N–H and O–H groups in total. The second-order valence-electron chi connectivity index (χ2n) is 5.23. The van der Waals surface area contributed by atoms with E-state index in [1.54, 1.807) is 31.2 Å². The molecule has 0 aliphatic carbocycles. The third-order valence-corrected chi connectivity index (χ3v) is 5.34. The van der Waals surface area contributed by atoms with Crippen molar-refractivity contribution < 1.29 is 13.2 Å². The molecular weight excluding hydrogens is 306 g/mol. The van der Waals surface area contributed by atoms with Gasteiger partial charge in [-0.2, -0.15) is 4.68 Å². The molecule has 9 heteroatoms. The Hall–Kier alpha value is -2.29. The number of rotatable bonds is 3. The Morgan fingerprint density at radius 2 is 2.14 bits per heavy atom.